The summed E-state index contributed by atoms with van der Waals surface area (Å²) in [5.41, 5.74) is 3.37. The highest BCUT2D eigenvalue weighted by molar-refractivity contribution is 6.05. The number of furan rings is 1. The smallest absolute Gasteiger partial charge is 0.231 e. The Hall–Kier alpha value is -3.22. The fourth-order valence-electron chi connectivity index (χ4n) is 3.54. The van der Waals surface area contributed by atoms with Gasteiger partial charge >= 0.3 is 0 Å². The molecule has 0 radical (unpaired) electrons. The minimum absolute atomic E-state index is 0.0485. The van der Waals surface area contributed by atoms with Crippen LogP contribution in [0, 0.1) is 19.8 Å². The summed E-state index contributed by atoms with van der Waals surface area (Å²) in [7, 11) is 0. The number of anilines is 2. The first-order chi connectivity index (χ1) is 13.5. The van der Waals surface area contributed by atoms with Gasteiger partial charge in [-0.25, -0.2) is 9.97 Å². The Kier molecular flexibility index (Phi) is 4.58. The lowest BCUT2D eigenvalue weighted by molar-refractivity contribution is -0.122. The maximum Gasteiger partial charge on any atom is 0.231 e. The van der Waals surface area contributed by atoms with Crippen molar-refractivity contribution in [2.45, 2.75) is 33.6 Å². The summed E-state index contributed by atoms with van der Waals surface area (Å²) < 4.78 is 5.59. The highest BCUT2D eigenvalue weighted by Crippen LogP contribution is 2.30. The number of amides is 2. The fourth-order valence-corrected chi connectivity index (χ4v) is 3.54. The average molecular weight is 378 g/mol. The van der Waals surface area contributed by atoms with Crippen LogP contribution in [0.15, 0.2) is 35.0 Å². The number of nitrogens with one attached hydrogen (secondary N) is 1. The molecule has 7 nitrogen and oxygen atoms in total. The molecule has 0 unspecified atom stereocenters. The first kappa shape index (κ1) is 18.2. The third-order valence-electron chi connectivity index (χ3n) is 5.36. The molecule has 2 amide bonds. The van der Waals surface area contributed by atoms with Crippen molar-refractivity contribution >= 4 is 34.4 Å². The standard InChI is InChI=1S/C21H22N4O3/c1-4-14-5-7-16(8-6-14)25-10-15(9-17(25)26)20(27)24-19-18-12(2)13(3)28-21(18)23-11-22-19/h5-8,11,15H,4,9-10H2,1-3H3,(H,22,23,24,27)/t15-/m0/s1. The SMILES string of the molecule is CCc1ccc(N2C[C@@H](C(=O)Nc3ncnc4oc(C)c(C)c34)CC2=O)cc1. The lowest BCUT2D eigenvalue weighted by atomic mass is 10.1. The van der Waals surface area contributed by atoms with Crippen LogP contribution in [0.5, 0.6) is 0 Å². The van der Waals surface area contributed by atoms with Crippen LogP contribution in [0.4, 0.5) is 11.5 Å². The molecule has 1 aliphatic rings. The number of benzene rings is 1. The van der Waals surface area contributed by atoms with E-state index in [4.69, 9.17) is 4.42 Å². The first-order valence-corrected chi connectivity index (χ1v) is 9.38. The molecule has 4 rings (SSSR count). The average Bonchev–Trinajstić information content (AvgIpc) is 3.22. The number of rotatable bonds is 4. The molecule has 1 aromatic carbocycles. The van der Waals surface area contributed by atoms with Crippen LogP contribution in [-0.4, -0.2) is 28.3 Å². The van der Waals surface area contributed by atoms with Gasteiger partial charge < -0.3 is 14.6 Å². The maximum atomic E-state index is 12.8. The van der Waals surface area contributed by atoms with E-state index in [1.54, 1.807) is 4.90 Å². The number of carbonyl (C=O) groups excluding carboxylic acids is 2. The van der Waals surface area contributed by atoms with E-state index >= 15 is 0 Å². The van der Waals surface area contributed by atoms with Crippen molar-refractivity contribution in [3.05, 3.63) is 47.5 Å². The first-order valence-electron chi connectivity index (χ1n) is 9.38. The van der Waals surface area contributed by atoms with Gasteiger partial charge in [-0.15, -0.1) is 0 Å². The van der Waals surface area contributed by atoms with Crippen LogP contribution in [0.25, 0.3) is 11.1 Å². The number of fused-ring (bicyclic) bond motifs is 1. The molecule has 0 saturated carbocycles. The molecular formula is C21H22N4O3. The molecule has 2 aromatic heterocycles. The van der Waals surface area contributed by atoms with Crippen LogP contribution < -0.4 is 10.2 Å². The predicted octanol–water partition coefficient (Wildman–Crippen LogP) is 3.39. The maximum absolute atomic E-state index is 12.8. The van der Waals surface area contributed by atoms with E-state index in [1.807, 2.05) is 38.1 Å². The summed E-state index contributed by atoms with van der Waals surface area (Å²) in [6.45, 7) is 6.19. The summed E-state index contributed by atoms with van der Waals surface area (Å²) in [4.78, 5) is 35.3. The van der Waals surface area contributed by atoms with Crippen LogP contribution in [-0.2, 0) is 16.0 Å². The highest BCUT2D eigenvalue weighted by atomic mass is 16.3. The molecule has 1 atom stereocenters. The van der Waals surface area contributed by atoms with Gasteiger partial charge in [0.15, 0.2) is 0 Å². The predicted molar refractivity (Wildman–Crippen MR) is 106 cm³/mol. The Morgan fingerprint density at radius 3 is 2.71 bits per heavy atom. The van der Waals surface area contributed by atoms with E-state index in [0.717, 1.165) is 23.4 Å². The number of aryl methyl sites for hydroxylation is 3. The van der Waals surface area contributed by atoms with Crippen LogP contribution in [0.3, 0.4) is 0 Å². The quantitative estimate of drug-likeness (QED) is 0.752. The molecule has 1 N–H and O–H groups in total. The van der Waals surface area contributed by atoms with E-state index in [-0.39, 0.29) is 18.2 Å². The lowest BCUT2D eigenvalue weighted by Gasteiger charge is -2.17. The Balaban J connectivity index is 1.52. The molecule has 1 fully saturated rings. The molecular weight excluding hydrogens is 356 g/mol. The number of hydrogen-bond donors (Lipinski definition) is 1. The molecule has 28 heavy (non-hydrogen) atoms. The van der Waals surface area contributed by atoms with Crippen molar-refractivity contribution < 1.29 is 14.0 Å². The van der Waals surface area contributed by atoms with Crippen molar-refractivity contribution in [1.29, 1.82) is 0 Å². The summed E-state index contributed by atoms with van der Waals surface area (Å²) in [5, 5.41) is 3.56. The Morgan fingerprint density at radius 1 is 1.25 bits per heavy atom. The number of aromatic nitrogens is 2. The van der Waals surface area contributed by atoms with Gasteiger partial charge in [-0.2, -0.15) is 0 Å². The van der Waals surface area contributed by atoms with E-state index in [2.05, 4.69) is 22.2 Å². The number of hydrogen-bond acceptors (Lipinski definition) is 5. The van der Waals surface area contributed by atoms with E-state index in [9.17, 15) is 9.59 Å². The van der Waals surface area contributed by atoms with Gasteiger partial charge in [-0.1, -0.05) is 19.1 Å². The Bertz CT molecular complexity index is 1060. The van der Waals surface area contributed by atoms with Gasteiger partial charge in [-0.05, 0) is 38.0 Å². The lowest BCUT2D eigenvalue weighted by Crippen LogP contribution is -2.28. The monoisotopic (exact) mass is 378 g/mol. The zero-order valence-corrected chi connectivity index (χ0v) is 16.2. The van der Waals surface area contributed by atoms with Gasteiger partial charge in [0.05, 0.1) is 11.3 Å². The molecule has 0 spiro atoms. The van der Waals surface area contributed by atoms with Gasteiger partial charge in [0.25, 0.3) is 0 Å². The Labute approximate surface area is 162 Å². The van der Waals surface area contributed by atoms with Crippen molar-refractivity contribution in [1.82, 2.24) is 9.97 Å². The van der Waals surface area contributed by atoms with E-state index in [1.165, 1.54) is 11.9 Å². The molecule has 0 bridgehead atoms. The minimum atomic E-state index is -0.434. The topological polar surface area (TPSA) is 88.3 Å². The molecule has 3 heterocycles. The van der Waals surface area contributed by atoms with Crippen molar-refractivity contribution in [3.63, 3.8) is 0 Å². The van der Waals surface area contributed by atoms with Gasteiger partial charge in [0, 0.05) is 24.2 Å². The fraction of sp³-hybridized carbons (Fsp3) is 0.333. The largest absolute Gasteiger partial charge is 0.443 e. The van der Waals surface area contributed by atoms with Crippen molar-refractivity contribution in [2.75, 3.05) is 16.8 Å². The normalized spacial score (nSPS) is 16.8. The minimum Gasteiger partial charge on any atom is -0.443 e. The number of nitrogens with zero attached hydrogens (tertiary/aromatic N) is 3. The molecule has 1 saturated heterocycles. The van der Waals surface area contributed by atoms with Gasteiger partial charge in [0.2, 0.25) is 17.5 Å². The van der Waals surface area contributed by atoms with Crippen molar-refractivity contribution in [2.24, 2.45) is 5.92 Å². The van der Waals surface area contributed by atoms with Crippen molar-refractivity contribution in [3.8, 4) is 0 Å². The van der Waals surface area contributed by atoms with Crippen LogP contribution in [0.2, 0.25) is 0 Å². The molecule has 0 aliphatic carbocycles. The second-order valence-corrected chi connectivity index (χ2v) is 7.10. The Morgan fingerprint density at radius 2 is 2.00 bits per heavy atom. The molecule has 3 aromatic rings. The summed E-state index contributed by atoms with van der Waals surface area (Å²) in [6, 6.07) is 7.89. The van der Waals surface area contributed by atoms with E-state index < -0.39 is 5.92 Å². The third kappa shape index (κ3) is 3.13. The second-order valence-electron chi connectivity index (χ2n) is 7.10. The highest BCUT2D eigenvalue weighted by Gasteiger charge is 2.35. The molecule has 144 valence electrons. The summed E-state index contributed by atoms with van der Waals surface area (Å²) in [5.74, 6) is 0.454. The second kappa shape index (κ2) is 7.07. The molecule has 1 aliphatic heterocycles. The summed E-state index contributed by atoms with van der Waals surface area (Å²) in [6.07, 6.45) is 2.49. The summed E-state index contributed by atoms with van der Waals surface area (Å²) >= 11 is 0. The zero-order chi connectivity index (χ0) is 19.8. The zero-order valence-electron chi connectivity index (χ0n) is 16.2. The number of carbonyl (C=O) groups is 2. The van der Waals surface area contributed by atoms with Gasteiger partial charge in [0.1, 0.15) is 17.9 Å². The van der Waals surface area contributed by atoms with Gasteiger partial charge in [-0.3, -0.25) is 9.59 Å². The van der Waals surface area contributed by atoms with E-state index in [0.29, 0.717) is 23.5 Å². The third-order valence-corrected chi connectivity index (χ3v) is 5.36. The van der Waals surface area contributed by atoms with Crippen LogP contribution >= 0.6 is 0 Å². The molecule has 7 heteroatoms. The van der Waals surface area contributed by atoms with Crippen LogP contribution in [0.1, 0.15) is 30.2 Å².